The Morgan fingerprint density at radius 2 is 1.29 bits per heavy atom. The van der Waals surface area contributed by atoms with E-state index < -0.39 is 6.10 Å². The van der Waals surface area contributed by atoms with Crippen LogP contribution in [0.15, 0.2) is 60.7 Å². The summed E-state index contributed by atoms with van der Waals surface area (Å²) in [6.07, 6.45) is -0.663. The maximum absolute atomic E-state index is 10.3. The zero-order valence-electron chi connectivity index (χ0n) is 9.45. The summed E-state index contributed by atoms with van der Waals surface area (Å²) in [6, 6.07) is 18.9. The van der Waals surface area contributed by atoms with Crippen molar-refractivity contribution in [2.45, 2.75) is 12.1 Å². The molecule has 4 N–H and O–H groups in total. The van der Waals surface area contributed by atoms with Crippen LogP contribution in [0.4, 0.5) is 0 Å². The van der Waals surface area contributed by atoms with E-state index >= 15 is 0 Å². The summed E-state index contributed by atoms with van der Waals surface area (Å²) < 4.78 is 0. The van der Waals surface area contributed by atoms with Gasteiger partial charge in [-0.05, 0) is 11.1 Å². The molecule has 0 bridgehead atoms. The fraction of sp³-hybridized carbons (Fsp3) is 0.143. The number of aliphatic hydroxyl groups is 1. The maximum atomic E-state index is 10.3. The Morgan fingerprint density at radius 1 is 0.824 bits per heavy atom. The molecule has 2 aromatic carbocycles. The molecule has 17 heavy (non-hydrogen) atoms. The van der Waals surface area contributed by atoms with Gasteiger partial charge in [0.2, 0.25) is 0 Å². The minimum Gasteiger partial charge on any atom is -0.386 e. The molecule has 2 atom stereocenters. The van der Waals surface area contributed by atoms with Crippen molar-refractivity contribution in [3.05, 3.63) is 71.8 Å². The van der Waals surface area contributed by atoms with Crippen LogP contribution < -0.4 is 11.3 Å². The summed E-state index contributed by atoms with van der Waals surface area (Å²) >= 11 is 0. The highest BCUT2D eigenvalue weighted by atomic mass is 16.3. The van der Waals surface area contributed by atoms with Gasteiger partial charge in [-0.2, -0.15) is 0 Å². The van der Waals surface area contributed by atoms with Crippen molar-refractivity contribution in [1.82, 2.24) is 5.43 Å². The first-order valence-corrected chi connectivity index (χ1v) is 5.57. The van der Waals surface area contributed by atoms with Crippen molar-refractivity contribution in [3.63, 3.8) is 0 Å². The fourth-order valence-electron chi connectivity index (χ4n) is 1.87. The first-order valence-electron chi connectivity index (χ1n) is 5.57. The van der Waals surface area contributed by atoms with Gasteiger partial charge in [-0.15, -0.1) is 0 Å². The number of rotatable bonds is 4. The van der Waals surface area contributed by atoms with E-state index in [1.165, 1.54) is 0 Å². The lowest BCUT2D eigenvalue weighted by Gasteiger charge is -2.22. The third kappa shape index (κ3) is 2.71. The van der Waals surface area contributed by atoms with E-state index in [0.29, 0.717) is 0 Å². The standard InChI is InChI=1S/C14H16N2O/c15-16-13(11-7-3-1-4-8-11)14(17)12-9-5-2-6-10-12/h1-10,13-14,16-17H,15H2. The van der Waals surface area contributed by atoms with Crippen LogP contribution >= 0.6 is 0 Å². The Hall–Kier alpha value is -1.68. The molecule has 0 saturated carbocycles. The van der Waals surface area contributed by atoms with Crippen LogP contribution in [-0.2, 0) is 0 Å². The normalized spacial score (nSPS) is 14.2. The second-order valence-corrected chi connectivity index (χ2v) is 3.91. The van der Waals surface area contributed by atoms with Crippen molar-refractivity contribution in [1.29, 1.82) is 0 Å². The first-order chi connectivity index (χ1) is 8.33. The summed E-state index contributed by atoms with van der Waals surface area (Å²) in [4.78, 5) is 0. The van der Waals surface area contributed by atoms with Crippen LogP contribution in [0.1, 0.15) is 23.3 Å². The molecule has 0 radical (unpaired) electrons. The molecule has 0 saturated heterocycles. The minimum absolute atomic E-state index is 0.307. The molecular weight excluding hydrogens is 212 g/mol. The largest absolute Gasteiger partial charge is 0.386 e. The Kier molecular flexibility index (Phi) is 3.88. The molecule has 0 amide bonds. The van der Waals surface area contributed by atoms with Crippen LogP contribution in [0.5, 0.6) is 0 Å². The molecule has 88 valence electrons. The number of benzene rings is 2. The number of hydrogen-bond donors (Lipinski definition) is 3. The van der Waals surface area contributed by atoms with E-state index in [4.69, 9.17) is 5.84 Å². The van der Waals surface area contributed by atoms with Crippen molar-refractivity contribution >= 4 is 0 Å². The topological polar surface area (TPSA) is 58.3 Å². The van der Waals surface area contributed by atoms with Gasteiger partial charge in [0.25, 0.3) is 0 Å². The van der Waals surface area contributed by atoms with Gasteiger partial charge < -0.3 is 5.11 Å². The zero-order valence-corrected chi connectivity index (χ0v) is 9.45. The average Bonchev–Trinajstić information content (AvgIpc) is 2.42. The van der Waals surface area contributed by atoms with Gasteiger partial charge >= 0.3 is 0 Å². The monoisotopic (exact) mass is 228 g/mol. The third-order valence-electron chi connectivity index (χ3n) is 2.80. The highest BCUT2D eigenvalue weighted by Crippen LogP contribution is 2.27. The van der Waals surface area contributed by atoms with E-state index in [0.717, 1.165) is 11.1 Å². The summed E-state index contributed by atoms with van der Waals surface area (Å²) in [6.45, 7) is 0. The van der Waals surface area contributed by atoms with Crippen molar-refractivity contribution in [2.24, 2.45) is 5.84 Å². The number of nitrogens with two attached hydrogens (primary N) is 1. The highest BCUT2D eigenvalue weighted by Gasteiger charge is 2.20. The minimum atomic E-state index is -0.663. The van der Waals surface area contributed by atoms with E-state index in [9.17, 15) is 5.11 Å². The molecule has 0 aliphatic rings. The molecule has 0 aliphatic carbocycles. The number of aliphatic hydroxyl groups excluding tert-OH is 1. The van der Waals surface area contributed by atoms with Crippen molar-refractivity contribution in [3.8, 4) is 0 Å². The molecule has 0 aromatic heterocycles. The van der Waals surface area contributed by atoms with Gasteiger partial charge in [-0.1, -0.05) is 60.7 Å². The number of hydrazine groups is 1. The van der Waals surface area contributed by atoms with Gasteiger partial charge in [0.15, 0.2) is 0 Å². The second kappa shape index (κ2) is 5.59. The quantitative estimate of drug-likeness (QED) is 0.553. The van der Waals surface area contributed by atoms with Crippen LogP contribution in [-0.4, -0.2) is 5.11 Å². The van der Waals surface area contributed by atoms with Crippen LogP contribution in [0.2, 0.25) is 0 Å². The smallest absolute Gasteiger partial charge is 0.0997 e. The van der Waals surface area contributed by atoms with Gasteiger partial charge in [0, 0.05) is 0 Å². The molecule has 0 aliphatic heterocycles. The molecule has 3 heteroatoms. The molecule has 2 rings (SSSR count). The lowest BCUT2D eigenvalue weighted by atomic mass is 9.96. The van der Waals surface area contributed by atoms with Gasteiger partial charge in [-0.25, -0.2) is 0 Å². The Morgan fingerprint density at radius 3 is 1.76 bits per heavy atom. The van der Waals surface area contributed by atoms with Crippen LogP contribution in [0.3, 0.4) is 0 Å². The van der Waals surface area contributed by atoms with Gasteiger partial charge in [-0.3, -0.25) is 11.3 Å². The van der Waals surface area contributed by atoms with Crippen LogP contribution in [0.25, 0.3) is 0 Å². The van der Waals surface area contributed by atoms with Gasteiger partial charge in [0.1, 0.15) is 0 Å². The fourth-order valence-corrected chi connectivity index (χ4v) is 1.87. The Balaban J connectivity index is 2.25. The Labute approximate surface area is 101 Å². The van der Waals surface area contributed by atoms with E-state index in [2.05, 4.69) is 5.43 Å². The molecule has 2 aromatic rings. The number of nitrogens with one attached hydrogen (secondary N) is 1. The SMILES string of the molecule is NNC(c1ccccc1)C(O)c1ccccc1. The van der Waals surface area contributed by atoms with Gasteiger partial charge in [0.05, 0.1) is 12.1 Å². The molecule has 3 nitrogen and oxygen atoms in total. The second-order valence-electron chi connectivity index (χ2n) is 3.91. The molecule has 0 fully saturated rings. The zero-order chi connectivity index (χ0) is 12.1. The third-order valence-corrected chi connectivity index (χ3v) is 2.80. The summed E-state index contributed by atoms with van der Waals surface area (Å²) in [7, 11) is 0. The predicted molar refractivity (Wildman–Crippen MR) is 67.9 cm³/mol. The lowest BCUT2D eigenvalue weighted by molar-refractivity contribution is 0.129. The Bertz CT molecular complexity index is 444. The number of hydrogen-bond acceptors (Lipinski definition) is 3. The first kappa shape index (κ1) is 11.8. The highest BCUT2D eigenvalue weighted by molar-refractivity contribution is 5.25. The van der Waals surface area contributed by atoms with E-state index in [-0.39, 0.29) is 6.04 Å². The molecule has 0 spiro atoms. The summed E-state index contributed by atoms with van der Waals surface area (Å²) in [5.74, 6) is 5.53. The molecule has 0 heterocycles. The maximum Gasteiger partial charge on any atom is 0.0997 e. The van der Waals surface area contributed by atoms with Crippen LogP contribution in [0, 0.1) is 0 Å². The van der Waals surface area contributed by atoms with E-state index in [1.807, 2.05) is 60.7 Å². The summed E-state index contributed by atoms with van der Waals surface area (Å²) in [5, 5.41) is 10.3. The molecular formula is C14H16N2O. The summed E-state index contributed by atoms with van der Waals surface area (Å²) in [5.41, 5.74) is 4.48. The lowest BCUT2D eigenvalue weighted by Crippen LogP contribution is -2.32. The van der Waals surface area contributed by atoms with Crippen molar-refractivity contribution in [2.75, 3.05) is 0 Å². The average molecular weight is 228 g/mol. The predicted octanol–water partition coefficient (Wildman–Crippen LogP) is 1.92. The van der Waals surface area contributed by atoms with Crippen molar-refractivity contribution < 1.29 is 5.11 Å². The van der Waals surface area contributed by atoms with E-state index in [1.54, 1.807) is 0 Å². The molecule has 2 unspecified atom stereocenters.